The van der Waals surface area contributed by atoms with Crippen molar-refractivity contribution in [3.05, 3.63) is 47.7 Å². The molecule has 17 heavy (non-hydrogen) atoms. The average molecular weight is 226 g/mol. The largest absolute Gasteiger partial charge is 0.329 e. The van der Waals surface area contributed by atoms with Gasteiger partial charge in [-0.2, -0.15) is 0 Å². The molecule has 1 N–H and O–H groups in total. The van der Waals surface area contributed by atoms with Crippen LogP contribution in [-0.4, -0.2) is 11.4 Å². The molecule has 1 amide bonds. The van der Waals surface area contributed by atoms with E-state index in [4.69, 9.17) is 0 Å². The lowest BCUT2D eigenvalue weighted by Crippen LogP contribution is -1.95. The molecule has 1 heterocycles. The third-order valence-electron chi connectivity index (χ3n) is 2.65. The summed E-state index contributed by atoms with van der Waals surface area (Å²) >= 11 is 0. The molecule has 0 aliphatic heterocycles. The van der Waals surface area contributed by atoms with E-state index >= 15 is 0 Å². The third-order valence-corrected chi connectivity index (χ3v) is 2.65. The first-order chi connectivity index (χ1) is 8.20. The van der Waals surface area contributed by atoms with Crippen LogP contribution in [-0.2, 0) is 4.79 Å². The van der Waals surface area contributed by atoms with Gasteiger partial charge in [-0.3, -0.25) is 9.78 Å². The molecule has 3 heteroatoms. The maximum atomic E-state index is 10.4. The number of hydrogen-bond donors (Lipinski definition) is 1. The Morgan fingerprint density at radius 3 is 2.65 bits per heavy atom. The number of carbonyl (C=O) groups is 1. The van der Waals surface area contributed by atoms with E-state index in [0.29, 0.717) is 6.41 Å². The molecule has 0 saturated heterocycles. The number of carbonyl (C=O) groups excluding carboxylic acids is 1. The van der Waals surface area contributed by atoms with Crippen LogP contribution < -0.4 is 5.32 Å². The molecule has 86 valence electrons. The van der Waals surface area contributed by atoms with Crippen molar-refractivity contribution in [2.45, 2.75) is 13.8 Å². The van der Waals surface area contributed by atoms with Gasteiger partial charge in [-0.25, -0.2) is 0 Å². The number of rotatable bonds is 3. The van der Waals surface area contributed by atoms with Gasteiger partial charge in [-0.15, -0.1) is 0 Å². The number of aryl methyl sites for hydroxylation is 2. The average Bonchev–Trinajstić information content (AvgIpc) is 2.33. The molecular formula is C14H14N2O. The van der Waals surface area contributed by atoms with Gasteiger partial charge in [-0.05, 0) is 43.2 Å². The Hall–Kier alpha value is -2.16. The number of aromatic nitrogens is 1. The zero-order valence-corrected chi connectivity index (χ0v) is 9.90. The van der Waals surface area contributed by atoms with Crippen molar-refractivity contribution >= 4 is 12.1 Å². The molecule has 2 rings (SSSR count). The highest BCUT2D eigenvalue weighted by Gasteiger charge is 2.04. The summed E-state index contributed by atoms with van der Waals surface area (Å²) in [4.78, 5) is 14.8. The Morgan fingerprint density at radius 2 is 2.00 bits per heavy atom. The van der Waals surface area contributed by atoms with E-state index < -0.39 is 0 Å². The second kappa shape index (κ2) is 4.78. The number of nitrogens with one attached hydrogen (secondary N) is 1. The van der Waals surface area contributed by atoms with Crippen LogP contribution in [0, 0.1) is 13.8 Å². The molecule has 0 unspecified atom stereocenters. The molecule has 0 bridgehead atoms. The topological polar surface area (TPSA) is 42.0 Å². The number of nitrogens with zero attached hydrogens (tertiary/aromatic N) is 1. The highest BCUT2D eigenvalue weighted by Crippen LogP contribution is 2.24. The Balaban J connectivity index is 2.46. The Labute approximate surface area is 101 Å². The number of hydrogen-bond acceptors (Lipinski definition) is 2. The van der Waals surface area contributed by atoms with Gasteiger partial charge in [-0.1, -0.05) is 12.1 Å². The summed E-state index contributed by atoms with van der Waals surface area (Å²) < 4.78 is 0. The fraction of sp³-hybridized carbons (Fsp3) is 0.143. The van der Waals surface area contributed by atoms with Gasteiger partial charge in [0.1, 0.15) is 0 Å². The normalized spacial score (nSPS) is 10.0. The van der Waals surface area contributed by atoms with Crippen LogP contribution in [0.15, 0.2) is 36.5 Å². The first kappa shape index (κ1) is 11.3. The lowest BCUT2D eigenvalue weighted by molar-refractivity contribution is -0.105. The predicted molar refractivity (Wildman–Crippen MR) is 68.8 cm³/mol. The number of amides is 1. The van der Waals surface area contributed by atoms with Gasteiger partial charge in [0.15, 0.2) is 0 Å². The number of pyridine rings is 1. The van der Waals surface area contributed by atoms with Gasteiger partial charge in [0.25, 0.3) is 0 Å². The zero-order chi connectivity index (χ0) is 12.3. The quantitative estimate of drug-likeness (QED) is 0.817. The molecule has 3 nitrogen and oxygen atoms in total. The maximum Gasteiger partial charge on any atom is 0.211 e. The van der Waals surface area contributed by atoms with Crippen molar-refractivity contribution in [3.8, 4) is 11.3 Å². The van der Waals surface area contributed by atoms with E-state index in [9.17, 15) is 4.79 Å². The highest BCUT2D eigenvalue weighted by molar-refractivity contribution is 5.76. The molecule has 0 saturated carbocycles. The summed E-state index contributed by atoms with van der Waals surface area (Å²) in [6.07, 6.45) is 2.52. The summed E-state index contributed by atoms with van der Waals surface area (Å²) in [6, 6.07) is 9.80. The number of anilines is 1. The lowest BCUT2D eigenvalue weighted by atomic mass is 10.0. The van der Waals surface area contributed by atoms with E-state index in [2.05, 4.69) is 10.3 Å². The Kier molecular flexibility index (Phi) is 3.19. The SMILES string of the molecule is Cc1ccc(-c2cc(NC=O)ccc2C)nc1. The van der Waals surface area contributed by atoms with Crippen molar-refractivity contribution in [1.29, 1.82) is 0 Å². The zero-order valence-electron chi connectivity index (χ0n) is 9.90. The monoisotopic (exact) mass is 226 g/mol. The second-order valence-corrected chi connectivity index (χ2v) is 4.01. The minimum atomic E-state index is 0.678. The minimum absolute atomic E-state index is 0.678. The molecule has 0 radical (unpaired) electrons. The van der Waals surface area contributed by atoms with Crippen LogP contribution >= 0.6 is 0 Å². The van der Waals surface area contributed by atoms with Crippen molar-refractivity contribution in [2.75, 3.05) is 5.32 Å². The van der Waals surface area contributed by atoms with Crippen molar-refractivity contribution < 1.29 is 4.79 Å². The first-order valence-corrected chi connectivity index (χ1v) is 5.44. The summed E-state index contributed by atoms with van der Waals surface area (Å²) in [5.74, 6) is 0. The van der Waals surface area contributed by atoms with E-state index in [0.717, 1.165) is 28.1 Å². The first-order valence-electron chi connectivity index (χ1n) is 5.44. The highest BCUT2D eigenvalue weighted by atomic mass is 16.1. The van der Waals surface area contributed by atoms with Crippen LogP contribution in [0.3, 0.4) is 0 Å². The van der Waals surface area contributed by atoms with Crippen LogP contribution in [0.2, 0.25) is 0 Å². The molecule has 1 aromatic carbocycles. The smallest absolute Gasteiger partial charge is 0.211 e. The van der Waals surface area contributed by atoms with Gasteiger partial charge < -0.3 is 5.32 Å². The van der Waals surface area contributed by atoms with E-state index in [1.807, 2.05) is 50.4 Å². The van der Waals surface area contributed by atoms with E-state index in [1.54, 1.807) is 0 Å². The standard InChI is InChI=1S/C14H14N2O/c1-10-3-6-14(15-8-10)13-7-12(16-9-17)5-4-11(13)2/h3-9H,1-2H3,(H,16,17). The van der Waals surface area contributed by atoms with Crippen molar-refractivity contribution in [2.24, 2.45) is 0 Å². The van der Waals surface area contributed by atoms with Gasteiger partial charge in [0, 0.05) is 17.4 Å². The lowest BCUT2D eigenvalue weighted by Gasteiger charge is -2.08. The van der Waals surface area contributed by atoms with Crippen LogP contribution in [0.1, 0.15) is 11.1 Å². The van der Waals surface area contributed by atoms with Gasteiger partial charge in [0.2, 0.25) is 6.41 Å². The molecular weight excluding hydrogens is 212 g/mol. The molecule has 1 aromatic heterocycles. The second-order valence-electron chi connectivity index (χ2n) is 4.01. The van der Waals surface area contributed by atoms with E-state index in [1.165, 1.54) is 0 Å². The van der Waals surface area contributed by atoms with Gasteiger partial charge in [0.05, 0.1) is 5.69 Å². The summed E-state index contributed by atoms with van der Waals surface area (Å²) in [5, 5.41) is 2.65. The van der Waals surface area contributed by atoms with Crippen molar-refractivity contribution in [1.82, 2.24) is 4.98 Å². The molecule has 0 aliphatic carbocycles. The maximum absolute atomic E-state index is 10.4. The summed E-state index contributed by atoms with van der Waals surface area (Å²) in [6.45, 7) is 4.04. The Morgan fingerprint density at radius 1 is 1.18 bits per heavy atom. The number of benzene rings is 1. The minimum Gasteiger partial charge on any atom is -0.329 e. The molecule has 0 atom stereocenters. The van der Waals surface area contributed by atoms with Crippen LogP contribution in [0.25, 0.3) is 11.3 Å². The summed E-state index contributed by atoms with van der Waals surface area (Å²) in [7, 11) is 0. The summed E-state index contributed by atoms with van der Waals surface area (Å²) in [5.41, 5.74) is 5.01. The van der Waals surface area contributed by atoms with Crippen LogP contribution in [0.4, 0.5) is 5.69 Å². The van der Waals surface area contributed by atoms with E-state index in [-0.39, 0.29) is 0 Å². The molecule has 0 spiro atoms. The third kappa shape index (κ3) is 2.50. The molecule has 0 aliphatic rings. The molecule has 0 fully saturated rings. The fourth-order valence-corrected chi connectivity index (χ4v) is 1.68. The predicted octanol–water partition coefficient (Wildman–Crippen LogP) is 2.93. The van der Waals surface area contributed by atoms with Crippen LogP contribution in [0.5, 0.6) is 0 Å². The fourth-order valence-electron chi connectivity index (χ4n) is 1.68. The Bertz CT molecular complexity index is 532. The molecule has 2 aromatic rings. The van der Waals surface area contributed by atoms with Crippen molar-refractivity contribution in [3.63, 3.8) is 0 Å². The van der Waals surface area contributed by atoms with Gasteiger partial charge >= 0.3 is 0 Å².